The maximum atomic E-state index is 5.79. The van der Waals surface area contributed by atoms with E-state index in [9.17, 15) is 0 Å². The summed E-state index contributed by atoms with van der Waals surface area (Å²) in [6, 6.07) is 7.94. The number of para-hydroxylation sites is 2. The lowest BCUT2D eigenvalue weighted by Crippen LogP contribution is -3.00. The van der Waals surface area contributed by atoms with Gasteiger partial charge in [0, 0.05) is 6.07 Å². The Labute approximate surface area is 80.0 Å². The average Bonchev–Trinajstić information content (AvgIpc) is 1.86. The molecule has 0 aromatic heterocycles. The van der Waals surface area contributed by atoms with Crippen LogP contribution in [0.25, 0.3) is 0 Å². The van der Waals surface area contributed by atoms with Gasteiger partial charge in [-0.3, -0.25) is 4.48 Å². The molecule has 0 aliphatic heterocycles. The predicted molar refractivity (Wildman–Crippen MR) is 50.4 cm³/mol. The first-order chi connectivity index (χ1) is 5.02. The van der Waals surface area contributed by atoms with Crippen molar-refractivity contribution in [2.75, 3.05) is 26.9 Å². The summed E-state index contributed by atoms with van der Waals surface area (Å²) in [5, 5.41) is 0. The lowest BCUT2D eigenvalue weighted by molar-refractivity contribution is -0.00000261. The molecule has 1 aromatic carbocycles. The molecule has 0 aliphatic carbocycles. The number of benzene rings is 1. The van der Waals surface area contributed by atoms with Crippen LogP contribution in [0.2, 0.25) is 0 Å². The maximum Gasteiger partial charge on any atom is 0.155 e. The highest BCUT2D eigenvalue weighted by atomic mass is 35.5. The van der Waals surface area contributed by atoms with E-state index in [-0.39, 0.29) is 12.4 Å². The van der Waals surface area contributed by atoms with Crippen LogP contribution in [-0.2, 0) is 0 Å². The van der Waals surface area contributed by atoms with Crippen LogP contribution in [0.5, 0.6) is 0 Å². The molecule has 0 radical (unpaired) electrons. The molecule has 68 valence electrons. The van der Waals surface area contributed by atoms with E-state index < -0.39 is 0 Å². The minimum atomic E-state index is 0. The molecule has 1 aromatic rings. The van der Waals surface area contributed by atoms with Gasteiger partial charge in [0.15, 0.2) is 5.69 Å². The zero-order valence-corrected chi connectivity index (χ0v) is 8.47. The fourth-order valence-electron chi connectivity index (χ4n) is 1.10. The molecule has 0 bridgehead atoms. The maximum absolute atomic E-state index is 5.79. The summed E-state index contributed by atoms with van der Waals surface area (Å²) >= 11 is 0. The van der Waals surface area contributed by atoms with Crippen LogP contribution in [0.1, 0.15) is 0 Å². The molecule has 2 N–H and O–H groups in total. The fraction of sp³-hybridized carbons (Fsp3) is 0.333. The van der Waals surface area contributed by atoms with Gasteiger partial charge in [-0.05, 0) is 6.07 Å². The summed E-state index contributed by atoms with van der Waals surface area (Å²) in [4.78, 5) is 0. The van der Waals surface area contributed by atoms with Crippen LogP contribution in [-0.4, -0.2) is 21.1 Å². The normalized spacial score (nSPS) is 10.6. The summed E-state index contributed by atoms with van der Waals surface area (Å²) in [6.45, 7) is 0. The van der Waals surface area contributed by atoms with E-state index in [1.54, 1.807) is 0 Å². The van der Waals surface area contributed by atoms with Crippen molar-refractivity contribution < 1.29 is 12.4 Å². The number of hydrogen-bond acceptors (Lipinski definition) is 1. The number of anilines is 1. The standard InChI is InChI=1S/C9H15N2.ClH/c1-11(2,3)9-7-5-4-6-8(9)10;/h4-7H,10H2,1-3H3;1H/q+1;/p-1. The average molecular weight is 187 g/mol. The molecule has 0 saturated carbocycles. The molecule has 3 heteroatoms. The smallest absolute Gasteiger partial charge is 0.155 e. The molecule has 0 saturated heterocycles. The van der Waals surface area contributed by atoms with Crippen molar-refractivity contribution in [3.8, 4) is 0 Å². The van der Waals surface area contributed by atoms with Crippen molar-refractivity contribution in [1.82, 2.24) is 4.48 Å². The van der Waals surface area contributed by atoms with Crippen LogP contribution >= 0.6 is 0 Å². The van der Waals surface area contributed by atoms with Crippen LogP contribution in [0.4, 0.5) is 11.4 Å². The summed E-state index contributed by atoms with van der Waals surface area (Å²) in [5.41, 5.74) is 7.81. The van der Waals surface area contributed by atoms with E-state index in [4.69, 9.17) is 5.73 Å². The van der Waals surface area contributed by atoms with Crippen molar-refractivity contribution in [3.05, 3.63) is 24.3 Å². The van der Waals surface area contributed by atoms with Gasteiger partial charge in [0.2, 0.25) is 0 Å². The highest BCUT2D eigenvalue weighted by Crippen LogP contribution is 2.23. The first-order valence-corrected chi connectivity index (χ1v) is 3.68. The first kappa shape index (κ1) is 11.3. The summed E-state index contributed by atoms with van der Waals surface area (Å²) in [5.74, 6) is 0. The van der Waals surface area contributed by atoms with Crippen LogP contribution < -0.4 is 22.6 Å². The Bertz CT molecular complexity index is 253. The number of hydrogen-bond donors (Lipinski definition) is 1. The molecular formula is C9H15ClN2. The van der Waals surface area contributed by atoms with Gasteiger partial charge in [-0.2, -0.15) is 0 Å². The van der Waals surface area contributed by atoms with E-state index in [0.29, 0.717) is 0 Å². The number of nitrogen functional groups attached to an aromatic ring is 1. The Morgan fingerprint density at radius 3 is 1.92 bits per heavy atom. The van der Waals surface area contributed by atoms with Crippen molar-refractivity contribution >= 4 is 11.4 Å². The summed E-state index contributed by atoms with van der Waals surface area (Å²) in [6.07, 6.45) is 0. The van der Waals surface area contributed by atoms with Gasteiger partial charge in [0.05, 0.1) is 26.8 Å². The van der Waals surface area contributed by atoms with Crippen molar-refractivity contribution in [2.24, 2.45) is 0 Å². The number of quaternary nitrogens is 1. The Morgan fingerprint density at radius 2 is 1.58 bits per heavy atom. The molecule has 0 unspecified atom stereocenters. The second kappa shape index (κ2) is 3.78. The van der Waals surface area contributed by atoms with E-state index in [1.807, 2.05) is 18.2 Å². The van der Waals surface area contributed by atoms with Crippen molar-refractivity contribution in [2.45, 2.75) is 0 Å². The summed E-state index contributed by atoms with van der Waals surface area (Å²) in [7, 11) is 6.31. The third-order valence-electron chi connectivity index (χ3n) is 1.66. The highest BCUT2D eigenvalue weighted by Gasteiger charge is 2.13. The van der Waals surface area contributed by atoms with Gasteiger partial charge in [-0.1, -0.05) is 12.1 Å². The number of nitrogens with two attached hydrogens (primary N) is 1. The molecule has 0 aliphatic rings. The first-order valence-electron chi connectivity index (χ1n) is 3.68. The van der Waals surface area contributed by atoms with Crippen molar-refractivity contribution in [1.29, 1.82) is 0 Å². The monoisotopic (exact) mass is 186 g/mol. The second-order valence-corrected chi connectivity index (χ2v) is 3.57. The Morgan fingerprint density at radius 1 is 1.08 bits per heavy atom. The Balaban J connectivity index is 0.00000121. The minimum absolute atomic E-state index is 0. The van der Waals surface area contributed by atoms with Gasteiger partial charge < -0.3 is 18.1 Å². The van der Waals surface area contributed by atoms with E-state index in [2.05, 4.69) is 27.2 Å². The molecule has 0 heterocycles. The molecule has 1 rings (SSSR count). The van der Waals surface area contributed by atoms with E-state index in [1.165, 1.54) is 0 Å². The molecule has 0 spiro atoms. The van der Waals surface area contributed by atoms with Gasteiger partial charge in [-0.15, -0.1) is 0 Å². The van der Waals surface area contributed by atoms with E-state index >= 15 is 0 Å². The van der Waals surface area contributed by atoms with Crippen LogP contribution in [0.3, 0.4) is 0 Å². The predicted octanol–water partition coefficient (Wildman–Crippen LogP) is -1.53. The zero-order valence-electron chi connectivity index (χ0n) is 7.71. The molecule has 2 nitrogen and oxygen atoms in total. The topological polar surface area (TPSA) is 26.0 Å². The fourth-order valence-corrected chi connectivity index (χ4v) is 1.10. The largest absolute Gasteiger partial charge is 1.00 e. The third-order valence-corrected chi connectivity index (χ3v) is 1.66. The van der Waals surface area contributed by atoms with Gasteiger partial charge in [0.1, 0.15) is 0 Å². The lowest BCUT2D eigenvalue weighted by atomic mass is 10.2. The SMILES string of the molecule is C[N+](C)(C)c1ccccc1N.[Cl-]. The number of rotatable bonds is 1. The molecule has 0 fully saturated rings. The molecule has 0 atom stereocenters. The second-order valence-electron chi connectivity index (χ2n) is 3.57. The van der Waals surface area contributed by atoms with Gasteiger partial charge in [0.25, 0.3) is 0 Å². The van der Waals surface area contributed by atoms with Crippen LogP contribution in [0, 0.1) is 0 Å². The Kier molecular flexibility index (Phi) is 3.55. The Hall–Kier alpha value is -0.730. The quantitative estimate of drug-likeness (QED) is 0.418. The zero-order chi connectivity index (χ0) is 8.48. The van der Waals surface area contributed by atoms with Crippen molar-refractivity contribution in [3.63, 3.8) is 0 Å². The number of halogens is 1. The lowest BCUT2D eigenvalue weighted by Gasteiger charge is -2.24. The minimum Gasteiger partial charge on any atom is -1.00 e. The van der Waals surface area contributed by atoms with E-state index in [0.717, 1.165) is 15.9 Å². The third kappa shape index (κ3) is 2.40. The number of nitrogens with zero attached hydrogens (tertiary/aromatic N) is 1. The highest BCUT2D eigenvalue weighted by molar-refractivity contribution is 5.64. The van der Waals surface area contributed by atoms with Crippen LogP contribution in [0.15, 0.2) is 24.3 Å². The summed E-state index contributed by atoms with van der Waals surface area (Å²) < 4.78 is 0.771. The van der Waals surface area contributed by atoms with Gasteiger partial charge >= 0.3 is 0 Å². The van der Waals surface area contributed by atoms with Gasteiger partial charge in [-0.25, -0.2) is 0 Å². The molecule has 0 amide bonds. The molecule has 12 heavy (non-hydrogen) atoms. The molecular weight excluding hydrogens is 172 g/mol.